The smallest absolute Gasteiger partial charge is 0.263 e. The minimum atomic E-state index is -0.194. The molecule has 0 aliphatic heterocycles. The lowest BCUT2D eigenvalue weighted by molar-refractivity contribution is -0.122. The molecule has 1 amide bonds. The van der Waals surface area contributed by atoms with Crippen molar-refractivity contribution in [1.82, 2.24) is 20.4 Å². The molecule has 1 aliphatic carbocycles. The topological polar surface area (TPSA) is 72.2 Å². The van der Waals surface area contributed by atoms with Crippen LogP contribution in [0, 0.1) is 5.92 Å². The molecule has 6 heteroatoms. The van der Waals surface area contributed by atoms with Crippen molar-refractivity contribution in [3.63, 3.8) is 0 Å². The summed E-state index contributed by atoms with van der Waals surface area (Å²) >= 11 is 0. The zero-order chi connectivity index (χ0) is 14.7. The van der Waals surface area contributed by atoms with Crippen LogP contribution >= 0.6 is 0 Å². The molecule has 21 heavy (non-hydrogen) atoms. The van der Waals surface area contributed by atoms with Crippen LogP contribution in [0.15, 0.2) is 29.4 Å². The van der Waals surface area contributed by atoms with Crippen molar-refractivity contribution >= 4 is 22.7 Å². The SMILES string of the molecule is C[C@H]1CCCCC1=NNC(=O)Cn1nc2ccccc2n1. The van der Waals surface area contributed by atoms with Crippen LogP contribution in [0.3, 0.4) is 0 Å². The van der Waals surface area contributed by atoms with Crippen molar-refractivity contribution in [2.45, 2.75) is 39.2 Å². The molecule has 0 saturated heterocycles. The highest BCUT2D eigenvalue weighted by Crippen LogP contribution is 2.20. The van der Waals surface area contributed by atoms with Crippen molar-refractivity contribution < 1.29 is 4.79 Å². The molecule has 0 bridgehead atoms. The number of fused-ring (bicyclic) bond motifs is 1. The van der Waals surface area contributed by atoms with Crippen LogP contribution < -0.4 is 5.43 Å². The van der Waals surface area contributed by atoms with Gasteiger partial charge in [0.15, 0.2) is 0 Å². The van der Waals surface area contributed by atoms with Gasteiger partial charge < -0.3 is 0 Å². The molecule has 0 unspecified atom stereocenters. The summed E-state index contributed by atoms with van der Waals surface area (Å²) in [6.45, 7) is 2.24. The predicted octanol–water partition coefficient (Wildman–Crippen LogP) is 2.11. The maximum atomic E-state index is 11.9. The van der Waals surface area contributed by atoms with Gasteiger partial charge in [0.1, 0.15) is 17.6 Å². The van der Waals surface area contributed by atoms with Gasteiger partial charge in [-0.25, -0.2) is 5.43 Å². The van der Waals surface area contributed by atoms with Gasteiger partial charge in [0.25, 0.3) is 5.91 Å². The number of hydrazone groups is 1. The highest BCUT2D eigenvalue weighted by Gasteiger charge is 2.16. The summed E-state index contributed by atoms with van der Waals surface area (Å²) in [5.74, 6) is 0.269. The van der Waals surface area contributed by atoms with E-state index in [1.165, 1.54) is 11.2 Å². The van der Waals surface area contributed by atoms with Crippen LogP contribution in [0.5, 0.6) is 0 Å². The standard InChI is InChI=1S/C15H19N5O/c1-11-6-2-3-7-12(11)16-17-15(21)10-20-18-13-8-4-5-9-14(13)19-20/h4-5,8-9,11H,2-3,6-7,10H2,1H3,(H,17,21)/t11-/m0/s1. The lowest BCUT2D eigenvalue weighted by atomic mass is 9.89. The molecule has 1 aromatic heterocycles. The van der Waals surface area contributed by atoms with Crippen molar-refractivity contribution in [1.29, 1.82) is 0 Å². The summed E-state index contributed by atoms with van der Waals surface area (Å²) in [5, 5.41) is 12.8. The van der Waals surface area contributed by atoms with Gasteiger partial charge in [0.05, 0.1) is 0 Å². The Morgan fingerprint density at radius 1 is 1.33 bits per heavy atom. The van der Waals surface area contributed by atoms with Gasteiger partial charge in [0, 0.05) is 5.71 Å². The van der Waals surface area contributed by atoms with E-state index in [-0.39, 0.29) is 12.5 Å². The van der Waals surface area contributed by atoms with Crippen molar-refractivity contribution in [2.75, 3.05) is 0 Å². The van der Waals surface area contributed by atoms with Gasteiger partial charge in [-0.1, -0.05) is 25.5 Å². The lowest BCUT2D eigenvalue weighted by Crippen LogP contribution is -2.27. The highest BCUT2D eigenvalue weighted by molar-refractivity contribution is 5.88. The Morgan fingerprint density at radius 2 is 2.05 bits per heavy atom. The Labute approximate surface area is 123 Å². The van der Waals surface area contributed by atoms with E-state index in [4.69, 9.17) is 0 Å². The van der Waals surface area contributed by atoms with Crippen molar-refractivity contribution in [3.8, 4) is 0 Å². The number of benzene rings is 1. The Balaban J connectivity index is 1.62. The summed E-state index contributed by atoms with van der Waals surface area (Å²) in [4.78, 5) is 13.3. The number of hydrogen-bond donors (Lipinski definition) is 1. The van der Waals surface area contributed by atoms with Crippen LogP contribution in [-0.2, 0) is 11.3 Å². The number of aromatic nitrogens is 3. The number of hydrogen-bond acceptors (Lipinski definition) is 4. The second-order valence-electron chi connectivity index (χ2n) is 5.50. The second-order valence-corrected chi connectivity index (χ2v) is 5.50. The Kier molecular flexibility index (Phi) is 3.94. The minimum Gasteiger partial charge on any atom is -0.271 e. The summed E-state index contributed by atoms with van der Waals surface area (Å²) in [6.07, 6.45) is 4.54. The molecular formula is C15H19N5O. The molecule has 0 radical (unpaired) electrons. The quantitative estimate of drug-likeness (QED) is 0.878. The molecule has 3 rings (SSSR count). The van der Waals surface area contributed by atoms with E-state index in [0.717, 1.165) is 36.0 Å². The first-order valence-electron chi connectivity index (χ1n) is 7.37. The number of nitrogens with zero attached hydrogens (tertiary/aromatic N) is 4. The Hall–Kier alpha value is -2.24. The van der Waals surface area contributed by atoms with E-state index < -0.39 is 0 Å². The minimum absolute atomic E-state index is 0.0832. The van der Waals surface area contributed by atoms with Gasteiger partial charge in [0.2, 0.25) is 0 Å². The van der Waals surface area contributed by atoms with E-state index in [2.05, 4.69) is 27.6 Å². The predicted molar refractivity (Wildman–Crippen MR) is 80.7 cm³/mol. The summed E-state index contributed by atoms with van der Waals surface area (Å²) in [5.41, 5.74) is 5.29. The van der Waals surface area contributed by atoms with Gasteiger partial charge in [-0.15, -0.1) is 0 Å². The molecule has 1 saturated carbocycles. The van der Waals surface area contributed by atoms with Gasteiger partial charge in [-0.2, -0.15) is 20.1 Å². The maximum absolute atomic E-state index is 11.9. The van der Waals surface area contributed by atoms with E-state index in [0.29, 0.717) is 5.92 Å². The van der Waals surface area contributed by atoms with Crippen LogP contribution in [-0.4, -0.2) is 26.6 Å². The first-order valence-corrected chi connectivity index (χ1v) is 7.37. The third kappa shape index (κ3) is 3.26. The summed E-state index contributed by atoms with van der Waals surface area (Å²) in [7, 11) is 0. The fourth-order valence-corrected chi connectivity index (χ4v) is 2.61. The van der Waals surface area contributed by atoms with Crippen molar-refractivity contribution in [2.24, 2.45) is 11.0 Å². The average Bonchev–Trinajstić information content (AvgIpc) is 2.88. The van der Waals surface area contributed by atoms with Gasteiger partial charge >= 0.3 is 0 Å². The van der Waals surface area contributed by atoms with Crippen LogP contribution in [0.1, 0.15) is 32.6 Å². The normalized spacial score (nSPS) is 20.8. The molecule has 1 fully saturated rings. The number of rotatable bonds is 3. The highest BCUT2D eigenvalue weighted by atomic mass is 16.2. The number of carbonyl (C=O) groups is 1. The van der Waals surface area contributed by atoms with Gasteiger partial charge in [-0.3, -0.25) is 4.79 Å². The fourth-order valence-electron chi connectivity index (χ4n) is 2.61. The third-order valence-electron chi connectivity index (χ3n) is 3.83. The first kappa shape index (κ1) is 13.7. The fraction of sp³-hybridized carbons (Fsp3) is 0.467. The third-order valence-corrected chi connectivity index (χ3v) is 3.83. The summed E-state index contributed by atoms with van der Waals surface area (Å²) in [6, 6.07) is 7.55. The molecule has 0 spiro atoms. The molecule has 1 aromatic carbocycles. The maximum Gasteiger partial charge on any atom is 0.263 e. The van der Waals surface area contributed by atoms with E-state index >= 15 is 0 Å². The van der Waals surface area contributed by atoms with Crippen LogP contribution in [0.2, 0.25) is 0 Å². The molecule has 1 atom stereocenters. The van der Waals surface area contributed by atoms with E-state index in [9.17, 15) is 4.79 Å². The first-order chi connectivity index (χ1) is 10.2. The number of nitrogens with one attached hydrogen (secondary N) is 1. The van der Waals surface area contributed by atoms with Gasteiger partial charge in [-0.05, 0) is 37.3 Å². The van der Waals surface area contributed by atoms with E-state index in [1.807, 2.05) is 24.3 Å². The largest absolute Gasteiger partial charge is 0.271 e. The molecule has 1 heterocycles. The number of amides is 1. The summed E-state index contributed by atoms with van der Waals surface area (Å²) < 4.78 is 0. The van der Waals surface area contributed by atoms with Crippen molar-refractivity contribution in [3.05, 3.63) is 24.3 Å². The van der Waals surface area contributed by atoms with Crippen LogP contribution in [0.25, 0.3) is 11.0 Å². The van der Waals surface area contributed by atoms with Crippen LogP contribution in [0.4, 0.5) is 0 Å². The Morgan fingerprint density at radius 3 is 2.71 bits per heavy atom. The molecular weight excluding hydrogens is 266 g/mol. The monoisotopic (exact) mass is 285 g/mol. The molecule has 2 aromatic rings. The molecule has 1 aliphatic rings. The van der Waals surface area contributed by atoms with E-state index in [1.54, 1.807) is 0 Å². The second kappa shape index (κ2) is 6.03. The number of carbonyl (C=O) groups excluding carboxylic acids is 1. The lowest BCUT2D eigenvalue weighted by Gasteiger charge is -2.19. The zero-order valence-electron chi connectivity index (χ0n) is 12.1. The average molecular weight is 285 g/mol. The molecule has 110 valence electrons. The Bertz CT molecular complexity index is 643. The molecule has 1 N–H and O–H groups in total. The zero-order valence-corrected chi connectivity index (χ0v) is 12.1. The molecule has 6 nitrogen and oxygen atoms in total.